The fourth-order valence-electron chi connectivity index (χ4n) is 2.29. The van der Waals surface area contributed by atoms with Crippen molar-refractivity contribution >= 4 is 57.6 Å². The second kappa shape index (κ2) is 6.48. The second-order valence-corrected chi connectivity index (χ2v) is 7.39. The van der Waals surface area contributed by atoms with Crippen molar-refractivity contribution in [2.75, 3.05) is 4.90 Å². The first-order valence-electron chi connectivity index (χ1n) is 7.07. The number of thioether (sulfide) groups is 1. The van der Waals surface area contributed by atoms with Crippen LogP contribution in [0.25, 0.3) is 6.08 Å². The Kier molecular flexibility index (Phi) is 4.57. The first-order chi connectivity index (χ1) is 11.0. The number of amides is 1. The zero-order valence-corrected chi connectivity index (χ0v) is 15.1. The summed E-state index contributed by atoms with van der Waals surface area (Å²) in [4.78, 5) is 14.9. The molecule has 0 atom stereocenters. The molecule has 5 heteroatoms. The molecule has 0 aromatic heterocycles. The minimum Gasteiger partial charge on any atom is -0.268 e. The van der Waals surface area contributed by atoms with E-state index in [2.05, 4.69) is 0 Å². The maximum Gasteiger partial charge on any atom is 0.270 e. The summed E-state index contributed by atoms with van der Waals surface area (Å²) in [6.07, 6.45) is 1.79. The Hall–Kier alpha value is -1.62. The van der Waals surface area contributed by atoms with Crippen LogP contribution in [-0.2, 0) is 4.79 Å². The van der Waals surface area contributed by atoms with E-state index in [1.165, 1.54) is 17.3 Å². The third-order valence-corrected chi connectivity index (χ3v) is 5.38. The summed E-state index contributed by atoms with van der Waals surface area (Å²) in [6.45, 7) is 4.07. The van der Waals surface area contributed by atoms with Crippen molar-refractivity contribution in [1.29, 1.82) is 0 Å². The summed E-state index contributed by atoms with van der Waals surface area (Å²) in [5, 5.41) is 0.615. The lowest BCUT2D eigenvalue weighted by Gasteiger charge is -2.15. The number of benzene rings is 2. The van der Waals surface area contributed by atoms with E-state index in [1.807, 2.05) is 50.2 Å². The van der Waals surface area contributed by atoms with Crippen molar-refractivity contribution in [3.05, 3.63) is 69.1 Å². The normalized spacial score (nSPS) is 16.5. The standard InChI is InChI=1S/C18H14ClNOS2/c1-11-7-8-14(9-12(11)2)20-17(21)16(23-18(20)22)10-13-5-3-4-6-15(13)19/h3-10H,1-2H3. The molecule has 1 aliphatic rings. The van der Waals surface area contributed by atoms with Crippen LogP contribution < -0.4 is 4.90 Å². The van der Waals surface area contributed by atoms with E-state index in [0.717, 1.165) is 16.8 Å². The Labute approximate surface area is 150 Å². The SMILES string of the molecule is Cc1ccc(N2C(=O)C(=Cc3ccccc3Cl)SC2=S)cc1C. The molecule has 1 saturated heterocycles. The first kappa shape index (κ1) is 16.2. The van der Waals surface area contributed by atoms with E-state index in [1.54, 1.807) is 17.0 Å². The van der Waals surface area contributed by atoms with Crippen LogP contribution in [0, 0.1) is 13.8 Å². The van der Waals surface area contributed by atoms with Gasteiger partial charge in [-0.2, -0.15) is 0 Å². The molecular formula is C18H14ClNOS2. The monoisotopic (exact) mass is 359 g/mol. The van der Waals surface area contributed by atoms with E-state index >= 15 is 0 Å². The quantitative estimate of drug-likeness (QED) is 0.531. The molecular weight excluding hydrogens is 346 g/mol. The number of halogens is 1. The average Bonchev–Trinajstić information content (AvgIpc) is 2.79. The molecule has 0 aliphatic carbocycles. The van der Waals surface area contributed by atoms with Gasteiger partial charge in [0.15, 0.2) is 4.32 Å². The Morgan fingerprint density at radius 3 is 2.57 bits per heavy atom. The molecule has 0 N–H and O–H groups in total. The van der Waals surface area contributed by atoms with E-state index in [9.17, 15) is 4.79 Å². The Morgan fingerprint density at radius 1 is 1.13 bits per heavy atom. The largest absolute Gasteiger partial charge is 0.270 e. The fourth-order valence-corrected chi connectivity index (χ4v) is 3.77. The highest BCUT2D eigenvalue weighted by molar-refractivity contribution is 8.27. The summed E-state index contributed by atoms with van der Waals surface area (Å²) in [7, 11) is 0. The van der Waals surface area contributed by atoms with Gasteiger partial charge in [-0.1, -0.05) is 59.8 Å². The van der Waals surface area contributed by atoms with Gasteiger partial charge in [-0.05, 0) is 54.8 Å². The highest BCUT2D eigenvalue weighted by atomic mass is 35.5. The van der Waals surface area contributed by atoms with Crippen LogP contribution in [0.2, 0.25) is 5.02 Å². The van der Waals surface area contributed by atoms with E-state index < -0.39 is 0 Å². The van der Waals surface area contributed by atoms with Gasteiger partial charge < -0.3 is 0 Å². The number of thiocarbonyl (C=S) groups is 1. The summed E-state index contributed by atoms with van der Waals surface area (Å²) >= 11 is 12.9. The van der Waals surface area contributed by atoms with Gasteiger partial charge in [-0.15, -0.1) is 0 Å². The topological polar surface area (TPSA) is 20.3 Å². The summed E-state index contributed by atoms with van der Waals surface area (Å²) in [5.41, 5.74) is 3.94. The van der Waals surface area contributed by atoms with Crippen molar-refractivity contribution in [2.24, 2.45) is 0 Å². The van der Waals surface area contributed by atoms with Crippen molar-refractivity contribution in [1.82, 2.24) is 0 Å². The molecule has 1 aliphatic heterocycles. The van der Waals surface area contributed by atoms with Gasteiger partial charge in [-0.25, -0.2) is 0 Å². The van der Waals surface area contributed by atoms with Crippen LogP contribution in [0.15, 0.2) is 47.4 Å². The molecule has 1 heterocycles. The molecule has 0 bridgehead atoms. The number of anilines is 1. The molecule has 2 nitrogen and oxygen atoms in total. The van der Waals surface area contributed by atoms with Crippen molar-refractivity contribution in [3.8, 4) is 0 Å². The number of carbonyl (C=O) groups excluding carboxylic acids is 1. The Bertz CT molecular complexity index is 845. The summed E-state index contributed by atoms with van der Waals surface area (Å²) in [6, 6.07) is 13.3. The lowest BCUT2D eigenvalue weighted by atomic mass is 10.1. The van der Waals surface area contributed by atoms with Gasteiger partial charge in [0, 0.05) is 5.02 Å². The van der Waals surface area contributed by atoms with Crippen molar-refractivity contribution in [3.63, 3.8) is 0 Å². The Morgan fingerprint density at radius 2 is 1.87 bits per heavy atom. The highest BCUT2D eigenvalue weighted by Gasteiger charge is 2.33. The lowest BCUT2D eigenvalue weighted by molar-refractivity contribution is -0.113. The zero-order valence-electron chi connectivity index (χ0n) is 12.7. The van der Waals surface area contributed by atoms with Crippen molar-refractivity contribution < 1.29 is 4.79 Å². The molecule has 2 aromatic rings. The fraction of sp³-hybridized carbons (Fsp3) is 0.111. The third kappa shape index (κ3) is 3.20. The van der Waals surface area contributed by atoms with Gasteiger partial charge in [-0.3, -0.25) is 9.69 Å². The van der Waals surface area contributed by atoms with Crippen LogP contribution in [0.5, 0.6) is 0 Å². The third-order valence-electron chi connectivity index (χ3n) is 3.73. The Balaban J connectivity index is 1.97. The molecule has 0 saturated carbocycles. The van der Waals surface area contributed by atoms with Crippen LogP contribution in [0.4, 0.5) is 5.69 Å². The number of rotatable bonds is 2. The molecule has 3 rings (SSSR count). The van der Waals surface area contributed by atoms with Gasteiger partial charge in [0.2, 0.25) is 0 Å². The van der Waals surface area contributed by atoms with Crippen LogP contribution in [0.3, 0.4) is 0 Å². The van der Waals surface area contributed by atoms with Crippen LogP contribution in [0.1, 0.15) is 16.7 Å². The molecule has 1 amide bonds. The number of nitrogens with zero attached hydrogens (tertiary/aromatic N) is 1. The van der Waals surface area contributed by atoms with Crippen LogP contribution >= 0.6 is 35.6 Å². The predicted molar refractivity (Wildman–Crippen MR) is 103 cm³/mol. The summed E-state index contributed by atoms with van der Waals surface area (Å²) < 4.78 is 0.538. The van der Waals surface area contributed by atoms with Gasteiger partial charge >= 0.3 is 0 Å². The highest BCUT2D eigenvalue weighted by Crippen LogP contribution is 2.37. The van der Waals surface area contributed by atoms with Gasteiger partial charge in [0.1, 0.15) is 0 Å². The van der Waals surface area contributed by atoms with E-state index in [0.29, 0.717) is 14.2 Å². The molecule has 0 radical (unpaired) electrons. The summed E-state index contributed by atoms with van der Waals surface area (Å²) in [5.74, 6) is -0.108. The second-order valence-electron chi connectivity index (χ2n) is 5.31. The smallest absolute Gasteiger partial charge is 0.268 e. The maximum atomic E-state index is 12.7. The number of hydrogen-bond acceptors (Lipinski definition) is 3. The minimum absolute atomic E-state index is 0.108. The molecule has 0 spiro atoms. The molecule has 116 valence electrons. The first-order valence-corrected chi connectivity index (χ1v) is 8.67. The van der Waals surface area contributed by atoms with Gasteiger partial charge in [0.25, 0.3) is 5.91 Å². The number of carbonyl (C=O) groups is 1. The molecule has 23 heavy (non-hydrogen) atoms. The maximum absolute atomic E-state index is 12.7. The lowest BCUT2D eigenvalue weighted by Crippen LogP contribution is -2.27. The zero-order chi connectivity index (χ0) is 16.6. The van der Waals surface area contributed by atoms with E-state index in [-0.39, 0.29) is 5.91 Å². The van der Waals surface area contributed by atoms with E-state index in [4.69, 9.17) is 23.8 Å². The average molecular weight is 360 g/mol. The van der Waals surface area contributed by atoms with Crippen LogP contribution in [-0.4, -0.2) is 10.2 Å². The number of hydrogen-bond donors (Lipinski definition) is 0. The molecule has 2 aromatic carbocycles. The predicted octanol–water partition coefficient (Wildman–Crippen LogP) is 5.36. The number of aryl methyl sites for hydroxylation is 2. The van der Waals surface area contributed by atoms with Crippen molar-refractivity contribution in [2.45, 2.75) is 13.8 Å². The molecule has 1 fully saturated rings. The molecule has 0 unspecified atom stereocenters. The minimum atomic E-state index is -0.108. The van der Waals surface area contributed by atoms with Gasteiger partial charge in [0.05, 0.1) is 10.6 Å².